The van der Waals surface area contributed by atoms with E-state index < -0.39 is 11.2 Å². The SMILES string of the molecule is Cc1cnc(NCC(C)(O)c2cnn(C)c2)nc1NCC(C)(O)c1cnn(C)c1. The Morgan fingerprint density at radius 3 is 1.90 bits per heavy atom. The number of hydrogen-bond acceptors (Lipinski definition) is 8. The Kier molecular flexibility index (Phi) is 5.58. The van der Waals surface area contributed by atoms with Crippen molar-refractivity contribution in [2.24, 2.45) is 14.1 Å². The minimum absolute atomic E-state index is 0.217. The summed E-state index contributed by atoms with van der Waals surface area (Å²) in [6.45, 7) is 5.78. The molecular weight excluding hydrogens is 372 g/mol. The van der Waals surface area contributed by atoms with Crippen molar-refractivity contribution >= 4 is 11.8 Å². The number of aromatic nitrogens is 6. The molecular formula is C19H28N8O2. The van der Waals surface area contributed by atoms with E-state index in [-0.39, 0.29) is 13.1 Å². The van der Waals surface area contributed by atoms with Crippen molar-refractivity contribution in [3.8, 4) is 0 Å². The first-order valence-corrected chi connectivity index (χ1v) is 9.31. The largest absolute Gasteiger partial charge is 0.383 e. The maximum absolute atomic E-state index is 10.7. The fraction of sp³-hybridized carbons (Fsp3) is 0.474. The molecule has 0 aliphatic rings. The molecule has 3 rings (SSSR count). The molecule has 3 heterocycles. The second-order valence-electron chi connectivity index (χ2n) is 7.79. The maximum atomic E-state index is 10.7. The first-order valence-electron chi connectivity index (χ1n) is 9.31. The highest BCUT2D eigenvalue weighted by Gasteiger charge is 2.26. The summed E-state index contributed by atoms with van der Waals surface area (Å²) in [7, 11) is 3.61. The van der Waals surface area contributed by atoms with Gasteiger partial charge in [-0.25, -0.2) is 4.98 Å². The van der Waals surface area contributed by atoms with Gasteiger partial charge in [0.05, 0.1) is 18.9 Å². The van der Waals surface area contributed by atoms with Gasteiger partial charge in [-0.1, -0.05) is 0 Å². The Bertz CT molecular complexity index is 976. The lowest BCUT2D eigenvalue weighted by atomic mass is 10.00. The van der Waals surface area contributed by atoms with Crippen molar-refractivity contribution in [2.75, 3.05) is 23.7 Å². The number of aliphatic hydroxyl groups is 2. The first-order chi connectivity index (χ1) is 13.6. The van der Waals surface area contributed by atoms with Gasteiger partial charge in [0.25, 0.3) is 0 Å². The number of hydrogen-bond donors (Lipinski definition) is 4. The number of rotatable bonds is 8. The molecule has 2 unspecified atom stereocenters. The van der Waals surface area contributed by atoms with Crippen LogP contribution < -0.4 is 10.6 Å². The lowest BCUT2D eigenvalue weighted by Gasteiger charge is -2.24. The molecule has 2 atom stereocenters. The fourth-order valence-corrected chi connectivity index (χ4v) is 2.82. The molecule has 4 N–H and O–H groups in total. The molecule has 10 nitrogen and oxygen atoms in total. The predicted molar refractivity (Wildman–Crippen MR) is 109 cm³/mol. The van der Waals surface area contributed by atoms with Gasteiger partial charge >= 0.3 is 0 Å². The van der Waals surface area contributed by atoms with Crippen molar-refractivity contribution in [1.82, 2.24) is 29.5 Å². The summed E-state index contributed by atoms with van der Waals surface area (Å²) in [6.07, 6.45) is 8.51. The molecule has 0 saturated carbocycles. The van der Waals surface area contributed by atoms with Crippen LogP contribution in [0.15, 0.2) is 31.0 Å². The van der Waals surface area contributed by atoms with E-state index in [1.165, 1.54) is 0 Å². The van der Waals surface area contributed by atoms with Crippen molar-refractivity contribution in [3.05, 3.63) is 47.7 Å². The average Bonchev–Trinajstić information content (AvgIpc) is 3.29. The topological polar surface area (TPSA) is 126 Å². The van der Waals surface area contributed by atoms with Gasteiger partial charge in [0, 0.05) is 55.9 Å². The maximum Gasteiger partial charge on any atom is 0.224 e. The predicted octanol–water partition coefficient (Wildman–Crippen LogP) is 0.891. The minimum Gasteiger partial charge on any atom is -0.383 e. The lowest BCUT2D eigenvalue weighted by Crippen LogP contribution is -2.32. The van der Waals surface area contributed by atoms with Crippen molar-refractivity contribution in [2.45, 2.75) is 32.0 Å². The van der Waals surface area contributed by atoms with Gasteiger partial charge in [-0.3, -0.25) is 9.36 Å². The molecule has 0 bridgehead atoms. The van der Waals surface area contributed by atoms with E-state index in [1.54, 1.807) is 68.3 Å². The van der Waals surface area contributed by atoms with Gasteiger partial charge < -0.3 is 20.8 Å². The van der Waals surface area contributed by atoms with E-state index in [2.05, 4.69) is 30.8 Å². The Morgan fingerprint density at radius 2 is 1.41 bits per heavy atom. The Hall–Kier alpha value is -2.98. The highest BCUT2D eigenvalue weighted by atomic mass is 16.3. The molecule has 156 valence electrons. The quantitative estimate of drug-likeness (QED) is 0.439. The average molecular weight is 400 g/mol. The molecule has 3 aromatic heterocycles. The number of aryl methyl sites for hydroxylation is 3. The Balaban J connectivity index is 1.66. The van der Waals surface area contributed by atoms with E-state index in [9.17, 15) is 10.2 Å². The second kappa shape index (κ2) is 7.80. The van der Waals surface area contributed by atoms with E-state index in [1.807, 2.05) is 6.92 Å². The van der Waals surface area contributed by atoms with Crippen LogP contribution in [-0.2, 0) is 25.3 Å². The fourth-order valence-electron chi connectivity index (χ4n) is 2.82. The van der Waals surface area contributed by atoms with E-state index in [0.717, 1.165) is 5.56 Å². The molecule has 0 radical (unpaired) electrons. The first kappa shape index (κ1) is 20.7. The van der Waals surface area contributed by atoms with Crippen molar-refractivity contribution in [3.63, 3.8) is 0 Å². The summed E-state index contributed by atoms with van der Waals surface area (Å²) in [4.78, 5) is 8.76. The van der Waals surface area contributed by atoms with Crippen LogP contribution in [0.2, 0.25) is 0 Å². The third kappa shape index (κ3) is 4.90. The van der Waals surface area contributed by atoms with Gasteiger partial charge in [0.15, 0.2) is 0 Å². The third-order valence-electron chi connectivity index (χ3n) is 4.82. The van der Waals surface area contributed by atoms with Gasteiger partial charge in [0.1, 0.15) is 17.0 Å². The highest BCUT2D eigenvalue weighted by Crippen LogP contribution is 2.23. The van der Waals surface area contributed by atoms with E-state index in [0.29, 0.717) is 22.9 Å². The summed E-state index contributed by atoms with van der Waals surface area (Å²) in [5, 5.41) is 35.9. The van der Waals surface area contributed by atoms with Gasteiger partial charge in [0.2, 0.25) is 5.95 Å². The number of nitrogens with zero attached hydrogens (tertiary/aromatic N) is 6. The molecule has 29 heavy (non-hydrogen) atoms. The minimum atomic E-state index is -1.12. The van der Waals surface area contributed by atoms with Crippen molar-refractivity contribution in [1.29, 1.82) is 0 Å². The summed E-state index contributed by atoms with van der Waals surface area (Å²) >= 11 is 0. The third-order valence-corrected chi connectivity index (χ3v) is 4.82. The normalized spacial score (nSPS) is 15.6. The molecule has 0 fully saturated rings. The Labute approximate surface area is 169 Å². The zero-order valence-electron chi connectivity index (χ0n) is 17.4. The summed E-state index contributed by atoms with van der Waals surface area (Å²) in [5.74, 6) is 0.982. The van der Waals surface area contributed by atoms with Crippen molar-refractivity contribution < 1.29 is 10.2 Å². The van der Waals surface area contributed by atoms with Crippen LogP contribution in [0.1, 0.15) is 30.5 Å². The highest BCUT2D eigenvalue weighted by molar-refractivity contribution is 5.47. The lowest BCUT2D eigenvalue weighted by molar-refractivity contribution is 0.0711. The van der Waals surface area contributed by atoms with Crippen LogP contribution in [0.25, 0.3) is 0 Å². The second-order valence-corrected chi connectivity index (χ2v) is 7.79. The number of nitrogens with one attached hydrogen (secondary N) is 2. The van der Waals surface area contributed by atoms with Gasteiger partial charge in [-0.15, -0.1) is 0 Å². The molecule has 0 saturated heterocycles. The number of anilines is 2. The van der Waals surface area contributed by atoms with E-state index >= 15 is 0 Å². The molecule has 0 amide bonds. The zero-order valence-corrected chi connectivity index (χ0v) is 17.4. The van der Waals surface area contributed by atoms with Crippen LogP contribution in [0, 0.1) is 6.92 Å². The van der Waals surface area contributed by atoms with Crippen LogP contribution >= 0.6 is 0 Å². The van der Waals surface area contributed by atoms with E-state index in [4.69, 9.17) is 0 Å². The van der Waals surface area contributed by atoms with Crippen LogP contribution in [-0.4, -0.2) is 52.8 Å². The summed E-state index contributed by atoms with van der Waals surface area (Å²) in [6, 6.07) is 0. The standard InChI is InChI=1S/C19H28N8O2/c1-13-6-20-17(22-12-19(3,29)15-8-24-27(5)10-15)25-16(13)21-11-18(2,28)14-7-23-26(4)9-14/h6-10,28-29H,11-12H2,1-5H3,(H2,20,21,22,25). The molecule has 0 aliphatic heterocycles. The van der Waals surface area contributed by atoms with Crippen LogP contribution in [0.5, 0.6) is 0 Å². The monoisotopic (exact) mass is 400 g/mol. The Morgan fingerprint density at radius 1 is 0.897 bits per heavy atom. The molecule has 0 aromatic carbocycles. The van der Waals surface area contributed by atoms with Gasteiger partial charge in [-0.05, 0) is 20.8 Å². The smallest absolute Gasteiger partial charge is 0.224 e. The molecule has 3 aromatic rings. The summed E-state index contributed by atoms with van der Waals surface area (Å²) < 4.78 is 3.29. The molecule has 10 heteroatoms. The molecule has 0 aliphatic carbocycles. The van der Waals surface area contributed by atoms with Crippen LogP contribution in [0.4, 0.5) is 11.8 Å². The summed E-state index contributed by atoms with van der Waals surface area (Å²) in [5.41, 5.74) is 0.0237. The van der Waals surface area contributed by atoms with Gasteiger partial charge in [-0.2, -0.15) is 15.2 Å². The van der Waals surface area contributed by atoms with Crippen LogP contribution in [0.3, 0.4) is 0 Å². The zero-order chi connectivity index (χ0) is 21.2. The molecule has 0 spiro atoms.